The maximum atomic E-state index is 12.4. The molecule has 0 aliphatic heterocycles. The minimum atomic E-state index is -0.161. The fraction of sp³-hybridized carbons (Fsp3) is 0.300. The van der Waals surface area contributed by atoms with Gasteiger partial charge >= 0.3 is 0 Å². The van der Waals surface area contributed by atoms with Crippen LogP contribution in [0.5, 0.6) is 0 Å². The average Bonchev–Trinajstić information content (AvgIpc) is 2.85. The van der Waals surface area contributed by atoms with Crippen molar-refractivity contribution in [3.05, 3.63) is 52.3 Å². The van der Waals surface area contributed by atoms with Crippen molar-refractivity contribution in [3.63, 3.8) is 0 Å². The van der Waals surface area contributed by atoms with Gasteiger partial charge in [0, 0.05) is 24.5 Å². The van der Waals surface area contributed by atoms with Crippen LogP contribution in [0.2, 0.25) is 0 Å². The Balaban J connectivity index is 1.82. The summed E-state index contributed by atoms with van der Waals surface area (Å²) in [6.45, 7) is 5.82. The lowest BCUT2D eigenvalue weighted by Crippen LogP contribution is -2.15. The summed E-state index contributed by atoms with van der Waals surface area (Å²) in [6.07, 6.45) is 0.914. The largest absolute Gasteiger partial charge is 0.310 e. The SMILES string of the molecule is Cc1nn(C)c(C)c1CCC(=O)Nc1nc2ccccc2c(C)c1C#N. The van der Waals surface area contributed by atoms with Crippen molar-refractivity contribution in [2.75, 3.05) is 5.32 Å². The number of amides is 1. The van der Waals surface area contributed by atoms with Crippen LogP contribution in [0.3, 0.4) is 0 Å². The Morgan fingerprint density at radius 2 is 2.00 bits per heavy atom. The number of anilines is 1. The number of aromatic nitrogens is 3. The second kappa shape index (κ2) is 6.96. The van der Waals surface area contributed by atoms with Gasteiger partial charge in [0.1, 0.15) is 6.07 Å². The molecule has 0 bridgehead atoms. The summed E-state index contributed by atoms with van der Waals surface area (Å²) in [5, 5.41) is 17.6. The van der Waals surface area contributed by atoms with E-state index in [1.807, 2.05) is 56.8 Å². The maximum absolute atomic E-state index is 12.4. The van der Waals surface area contributed by atoms with Crippen LogP contribution in [-0.4, -0.2) is 20.7 Å². The van der Waals surface area contributed by atoms with Gasteiger partial charge in [-0.1, -0.05) is 18.2 Å². The lowest BCUT2D eigenvalue weighted by molar-refractivity contribution is -0.116. The van der Waals surface area contributed by atoms with Crippen LogP contribution < -0.4 is 5.32 Å². The first-order valence-corrected chi connectivity index (χ1v) is 8.50. The van der Waals surface area contributed by atoms with E-state index in [2.05, 4.69) is 21.5 Å². The molecule has 3 aromatic rings. The lowest BCUT2D eigenvalue weighted by atomic mass is 10.0. The zero-order chi connectivity index (χ0) is 18.8. The summed E-state index contributed by atoms with van der Waals surface area (Å²) in [5.74, 6) is 0.166. The summed E-state index contributed by atoms with van der Waals surface area (Å²) in [4.78, 5) is 16.9. The molecule has 2 aromatic heterocycles. The summed E-state index contributed by atoms with van der Waals surface area (Å²) in [5.41, 5.74) is 5.09. The second-order valence-electron chi connectivity index (χ2n) is 6.41. The van der Waals surface area contributed by atoms with Gasteiger partial charge in [-0.2, -0.15) is 10.4 Å². The van der Waals surface area contributed by atoms with E-state index in [0.29, 0.717) is 24.2 Å². The number of carbonyl (C=O) groups is 1. The second-order valence-corrected chi connectivity index (χ2v) is 6.41. The van der Waals surface area contributed by atoms with E-state index in [-0.39, 0.29) is 5.91 Å². The molecule has 132 valence electrons. The molecule has 6 nitrogen and oxygen atoms in total. The van der Waals surface area contributed by atoms with Crippen LogP contribution in [0.4, 0.5) is 5.82 Å². The number of nitrogens with one attached hydrogen (secondary N) is 1. The van der Waals surface area contributed by atoms with Crippen molar-refractivity contribution in [1.29, 1.82) is 5.26 Å². The number of hydrogen-bond donors (Lipinski definition) is 1. The highest BCUT2D eigenvalue weighted by Gasteiger charge is 2.16. The van der Waals surface area contributed by atoms with Gasteiger partial charge in [-0.3, -0.25) is 9.48 Å². The van der Waals surface area contributed by atoms with Crippen LogP contribution in [0.1, 0.15) is 34.5 Å². The van der Waals surface area contributed by atoms with E-state index in [1.54, 1.807) is 0 Å². The number of aryl methyl sites for hydroxylation is 3. The first kappa shape index (κ1) is 17.6. The predicted octanol–water partition coefficient (Wildman–Crippen LogP) is 3.34. The van der Waals surface area contributed by atoms with Crippen LogP contribution in [0.15, 0.2) is 24.3 Å². The number of hydrogen-bond acceptors (Lipinski definition) is 4. The number of nitriles is 1. The van der Waals surface area contributed by atoms with Gasteiger partial charge in [0.25, 0.3) is 0 Å². The molecule has 1 amide bonds. The Labute approximate surface area is 152 Å². The summed E-state index contributed by atoms with van der Waals surface area (Å²) in [7, 11) is 1.90. The molecular formula is C20H21N5O. The van der Waals surface area contributed by atoms with Gasteiger partial charge < -0.3 is 5.32 Å². The zero-order valence-electron chi connectivity index (χ0n) is 15.4. The van der Waals surface area contributed by atoms with E-state index in [9.17, 15) is 10.1 Å². The first-order valence-electron chi connectivity index (χ1n) is 8.50. The number of pyridine rings is 1. The highest BCUT2D eigenvalue weighted by atomic mass is 16.1. The molecular weight excluding hydrogens is 326 g/mol. The standard InChI is InChI=1S/C20H21N5O/c1-12-15-7-5-6-8-18(15)22-20(17(12)11-21)23-19(26)10-9-16-13(2)24-25(4)14(16)3/h5-8H,9-10H2,1-4H3,(H,22,23,26). The van der Waals surface area contributed by atoms with Gasteiger partial charge in [0.15, 0.2) is 5.82 Å². The molecule has 26 heavy (non-hydrogen) atoms. The van der Waals surface area contributed by atoms with Gasteiger partial charge in [0.2, 0.25) is 5.91 Å². The average molecular weight is 347 g/mol. The van der Waals surface area contributed by atoms with E-state index in [1.165, 1.54) is 0 Å². The number of carbonyl (C=O) groups excluding carboxylic acids is 1. The van der Waals surface area contributed by atoms with Gasteiger partial charge in [-0.15, -0.1) is 0 Å². The number of fused-ring (bicyclic) bond motifs is 1. The van der Waals surface area contributed by atoms with Gasteiger partial charge in [0.05, 0.1) is 16.8 Å². The van der Waals surface area contributed by atoms with Gasteiger partial charge in [-0.25, -0.2) is 4.98 Å². The molecule has 0 aliphatic rings. The number of benzene rings is 1. The highest BCUT2D eigenvalue weighted by molar-refractivity contribution is 5.95. The van der Waals surface area contributed by atoms with Crippen molar-refractivity contribution in [1.82, 2.24) is 14.8 Å². The zero-order valence-corrected chi connectivity index (χ0v) is 15.4. The summed E-state index contributed by atoms with van der Waals surface area (Å²) >= 11 is 0. The van der Waals surface area contributed by atoms with E-state index in [0.717, 1.165) is 33.4 Å². The molecule has 0 unspecified atom stereocenters. The van der Waals surface area contributed by atoms with Crippen molar-refractivity contribution in [2.45, 2.75) is 33.6 Å². The van der Waals surface area contributed by atoms with Crippen LogP contribution in [0, 0.1) is 32.1 Å². The third-order valence-electron chi connectivity index (χ3n) is 4.78. The number of para-hydroxylation sites is 1. The fourth-order valence-corrected chi connectivity index (χ4v) is 3.22. The van der Waals surface area contributed by atoms with Crippen molar-refractivity contribution < 1.29 is 4.79 Å². The molecule has 1 N–H and O–H groups in total. The molecule has 6 heteroatoms. The molecule has 0 saturated heterocycles. The first-order chi connectivity index (χ1) is 12.4. The highest BCUT2D eigenvalue weighted by Crippen LogP contribution is 2.25. The smallest absolute Gasteiger partial charge is 0.225 e. The quantitative estimate of drug-likeness (QED) is 0.784. The molecule has 0 fully saturated rings. The normalized spacial score (nSPS) is 10.7. The summed E-state index contributed by atoms with van der Waals surface area (Å²) in [6, 6.07) is 9.77. The summed E-state index contributed by atoms with van der Waals surface area (Å²) < 4.78 is 1.82. The van der Waals surface area contributed by atoms with Crippen LogP contribution in [0.25, 0.3) is 10.9 Å². The number of nitrogens with zero attached hydrogens (tertiary/aromatic N) is 4. The lowest BCUT2D eigenvalue weighted by Gasteiger charge is -2.11. The fourth-order valence-electron chi connectivity index (χ4n) is 3.22. The monoisotopic (exact) mass is 347 g/mol. The molecule has 2 heterocycles. The topological polar surface area (TPSA) is 83.6 Å². The minimum Gasteiger partial charge on any atom is -0.310 e. The molecule has 0 aliphatic carbocycles. The Morgan fingerprint density at radius 1 is 1.27 bits per heavy atom. The Hall–Kier alpha value is -3.20. The van der Waals surface area contributed by atoms with Crippen LogP contribution >= 0.6 is 0 Å². The molecule has 0 saturated carbocycles. The Kier molecular flexibility index (Phi) is 4.72. The Morgan fingerprint density at radius 3 is 2.65 bits per heavy atom. The Bertz CT molecular complexity index is 1040. The third kappa shape index (κ3) is 3.16. The van der Waals surface area contributed by atoms with E-state index < -0.39 is 0 Å². The molecule has 0 atom stereocenters. The predicted molar refractivity (Wildman–Crippen MR) is 101 cm³/mol. The molecule has 0 radical (unpaired) electrons. The van der Waals surface area contributed by atoms with Crippen molar-refractivity contribution >= 4 is 22.6 Å². The minimum absolute atomic E-state index is 0.161. The van der Waals surface area contributed by atoms with Crippen molar-refractivity contribution in [3.8, 4) is 6.07 Å². The third-order valence-corrected chi connectivity index (χ3v) is 4.78. The molecule has 1 aromatic carbocycles. The van der Waals surface area contributed by atoms with E-state index in [4.69, 9.17) is 0 Å². The maximum Gasteiger partial charge on any atom is 0.225 e. The van der Waals surface area contributed by atoms with Crippen molar-refractivity contribution in [2.24, 2.45) is 7.05 Å². The van der Waals surface area contributed by atoms with Gasteiger partial charge in [-0.05, 0) is 44.4 Å². The number of rotatable bonds is 4. The molecule has 0 spiro atoms. The molecule has 3 rings (SSSR count). The van der Waals surface area contributed by atoms with E-state index >= 15 is 0 Å². The van der Waals surface area contributed by atoms with Crippen LogP contribution in [-0.2, 0) is 18.3 Å².